The number of carbonyl (C=O) groups is 2. The summed E-state index contributed by atoms with van der Waals surface area (Å²) in [6.45, 7) is 0.318. The van der Waals surface area contributed by atoms with Gasteiger partial charge in [-0.15, -0.1) is 10.2 Å². The molecule has 10 nitrogen and oxygen atoms in total. The van der Waals surface area contributed by atoms with Gasteiger partial charge in [0, 0.05) is 12.1 Å². The van der Waals surface area contributed by atoms with Crippen molar-refractivity contribution in [3.8, 4) is 22.9 Å². The molecule has 0 atom stereocenters. The molecule has 0 spiro atoms. The number of rotatable bonds is 8. The number of imide groups is 1. The second-order valence-corrected chi connectivity index (χ2v) is 7.19. The van der Waals surface area contributed by atoms with Crippen molar-refractivity contribution in [1.82, 2.24) is 25.5 Å². The summed E-state index contributed by atoms with van der Waals surface area (Å²) in [5.74, 6) is 7.04. The van der Waals surface area contributed by atoms with Crippen LogP contribution < -0.4 is 25.9 Å². The molecule has 0 radical (unpaired) electrons. The molecule has 31 heavy (non-hydrogen) atoms. The third-order valence-electron chi connectivity index (χ3n) is 4.19. The summed E-state index contributed by atoms with van der Waals surface area (Å²) in [7, 11) is 3.08. The molecule has 0 unspecified atom stereocenters. The minimum Gasteiger partial charge on any atom is -0.493 e. The van der Waals surface area contributed by atoms with Crippen molar-refractivity contribution in [2.75, 3.05) is 25.8 Å². The van der Waals surface area contributed by atoms with Crippen molar-refractivity contribution in [1.29, 1.82) is 0 Å². The van der Waals surface area contributed by atoms with Gasteiger partial charge in [-0.25, -0.2) is 9.47 Å². The highest BCUT2D eigenvalue weighted by Gasteiger charge is 2.16. The Morgan fingerprint density at radius 3 is 2.52 bits per heavy atom. The zero-order chi connectivity index (χ0) is 22.2. The van der Waals surface area contributed by atoms with E-state index in [-0.39, 0.29) is 5.75 Å². The van der Waals surface area contributed by atoms with Gasteiger partial charge in [0.05, 0.1) is 20.0 Å². The summed E-state index contributed by atoms with van der Waals surface area (Å²) in [5.41, 5.74) is 1.60. The normalized spacial score (nSPS) is 10.4. The average Bonchev–Trinajstić information content (AvgIpc) is 3.16. The Kier molecular flexibility index (Phi) is 7.33. The maximum atomic E-state index is 12.1. The fourth-order valence-corrected chi connectivity index (χ4v) is 3.32. The molecular formula is C20H22N6O4S. The lowest BCUT2D eigenvalue weighted by Gasteiger charge is -2.09. The second-order valence-electron chi connectivity index (χ2n) is 6.25. The van der Waals surface area contributed by atoms with Gasteiger partial charge in [0.15, 0.2) is 17.3 Å². The summed E-state index contributed by atoms with van der Waals surface area (Å²) in [4.78, 5) is 23.9. The summed E-state index contributed by atoms with van der Waals surface area (Å²) in [6, 6.07) is 14.0. The fraction of sp³-hybridized carbons (Fsp3) is 0.200. The van der Waals surface area contributed by atoms with E-state index in [2.05, 4.69) is 20.8 Å². The number of hydrogen-bond donors (Lipinski definition) is 3. The number of nitrogens with zero attached hydrogens (tertiary/aromatic N) is 3. The van der Waals surface area contributed by atoms with Crippen LogP contribution in [0.1, 0.15) is 5.56 Å². The Bertz CT molecular complexity index is 1060. The average molecular weight is 443 g/mol. The van der Waals surface area contributed by atoms with Crippen molar-refractivity contribution in [3.63, 3.8) is 0 Å². The number of ether oxygens (including phenoxy) is 2. The molecule has 0 saturated carbocycles. The summed E-state index contributed by atoms with van der Waals surface area (Å²) in [5, 5.41) is 13.3. The SMILES string of the molecule is COc1ccc(-c2nnc(SCC(=O)NC(=O)NCc3ccccc3)n2N)cc1OC. The minimum atomic E-state index is -0.574. The Labute approximate surface area is 183 Å². The van der Waals surface area contributed by atoms with Crippen LogP contribution >= 0.6 is 11.8 Å². The number of amides is 3. The van der Waals surface area contributed by atoms with E-state index < -0.39 is 11.9 Å². The van der Waals surface area contributed by atoms with E-state index in [9.17, 15) is 9.59 Å². The maximum absolute atomic E-state index is 12.1. The molecule has 0 aliphatic carbocycles. The van der Waals surface area contributed by atoms with Gasteiger partial charge < -0.3 is 20.6 Å². The molecule has 0 bridgehead atoms. The second kappa shape index (κ2) is 10.3. The number of nitrogens with two attached hydrogens (primary N) is 1. The van der Waals surface area contributed by atoms with Crippen molar-refractivity contribution in [3.05, 3.63) is 54.1 Å². The van der Waals surface area contributed by atoms with E-state index in [4.69, 9.17) is 15.3 Å². The first kappa shape index (κ1) is 22.0. The van der Waals surface area contributed by atoms with E-state index in [1.807, 2.05) is 30.3 Å². The number of carbonyl (C=O) groups excluding carboxylic acids is 2. The Morgan fingerprint density at radius 1 is 1.06 bits per heavy atom. The Morgan fingerprint density at radius 2 is 1.81 bits per heavy atom. The van der Waals surface area contributed by atoms with Crippen molar-refractivity contribution in [2.24, 2.45) is 0 Å². The monoisotopic (exact) mass is 442 g/mol. The van der Waals surface area contributed by atoms with E-state index in [1.54, 1.807) is 25.3 Å². The number of nitrogen functional groups attached to an aromatic ring is 1. The van der Waals surface area contributed by atoms with E-state index in [0.717, 1.165) is 17.3 Å². The third kappa shape index (κ3) is 5.66. The van der Waals surface area contributed by atoms with Gasteiger partial charge in [-0.2, -0.15) is 0 Å². The van der Waals surface area contributed by atoms with Crippen LogP contribution in [-0.2, 0) is 11.3 Å². The van der Waals surface area contributed by atoms with Crippen LogP contribution in [0, 0.1) is 0 Å². The van der Waals surface area contributed by atoms with Crippen LogP contribution in [-0.4, -0.2) is 46.8 Å². The first-order chi connectivity index (χ1) is 15.0. The van der Waals surface area contributed by atoms with Crippen LogP contribution in [0.2, 0.25) is 0 Å². The highest BCUT2D eigenvalue weighted by Crippen LogP contribution is 2.32. The molecule has 2 aromatic carbocycles. The van der Waals surface area contributed by atoms with Crippen molar-refractivity contribution < 1.29 is 19.1 Å². The maximum Gasteiger partial charge on any atom is 0.321 e. The molecule has 1 aromatic heterocycles. The quantitative estimate of drug-likeness (QED) is 0.355. The molecule has 0 aliphatic heterocycles. The number of benzene rings is 2. The van der Waals surface area contributed by atoms with Gasteiger partial charge in [-0.3, -0.25) is 10.1 Å². The standard InChI is InChI=1S/C20H22N6O4S/c1-29-15-9-8-14(10-16(15)30-2)18-24-25-20(26(18)21)31-12-17(27)23-19(28)22-11-13-6-4-3-5-7-13/h3-10H,11-12,21H2,1-2H3,(H2,22,23,27,28). The molecule has 3 rings (SSSR count). The molecule has 4 N–H and O–H groups in total. The lowest BCUT2D eigenvalue weighted by atomic mass is 10.2. The van der Waals surface area contributed by atoms with E-state index in [0.29, 0.717) is 34.6 Å². The zero-order valence-corrected chi connectivity index (χ0v) is 17.8. The molecule has 162 valence electrons. The van der Waals surface area contributed by atoms with Gasteiger partial charge in [0.1, 0.15) is 0 Å². The molecule has 0 saturated heterocycles. The van der Waals surface area contributed by atoms with Gasteiger partial charge in [-0.05, 0) is 23.8 Å². The first-order valence-electron chi connectivity index (χ1n) is 9.19. The summed E-state index contributed by atoms with van der Waals surface area (Å²) < 4.78 is 11.8. The van der Waals surface area contributed by atoms with Crippen LogP contribution in [0.25, 0.3) is 11.4 Å². The highest BCUT2D eigenvalue weighted by molar-refractivity contribution is 7.99. The predicted octanol–water partition coefficient (Wildman–Crippen LogP) is 1.79. The lowest BCUT2D eigenvalue weighted by molar-refractivity contribution is -0.117. The highest BCUT2D eigenvalue weighted by atomic mass is 32.2. The van der Waals surface area contributed by atoms with Crippen LogP contribution in [0.5, 0.6) is 11.5 Å². The number of aromatic nitrogens is 3. The summed E-state index contributed by atoms with van der Waals surface area (Å²) in [6.07, 6.45) is 0. The number of methoxy groups -OCH3 is 2. The number of urea groups is 1. The number of hydrogen-bond acceptors (Lipinski definition) is 8. The molecule has 3 aromatic rings. The van der Waals surface area contributed by atoms with Gasteiger partial charge >= 0.3 is 6.03 Å². The number of thioether (sulfide) groups is 1. The molecule has 11 heteroatoms. The molecule has 0 aliphatic rings. The Balaban J connectivity index is 1.55. The smallest absolute Gasteiger partial charge is 0.321 e. The topological polar surface area (TPSA) is 133 Å². The van der Waals surface area contributed by atoms with Crippen molar-refractivity contribution in [2.45, 2.75) is 11.7 Å². The Hall–Kier alpha value is -3.73. The summed E-state index contributed by atoms with van der Waals surface area (Å²) >= 11 is 1.06. The van der Waals surface area contributed by atoms with Crippen LogP contribution in [0.3, 0.4) is 0 Å². The number of nitrogens with one attached hydrogen (secondary N) is 2. The molecular weight excluding hydrogens is 420 g/mol. The van der Waals surface area contributed by atoms with E-state index in [1.165, 1.54) is 11.8 Å². The largest absolute Gasteiger partial charge is 0.493 e. The predicted molar refractivity (Wildman–Crippen MR) is 116 cm³/mol. The van der Waals surface area contributed by atoms with Gasteiger partial charge in [-0.1, -0.05) is 42.1 Å². The molecule has 0 fully saturated rings. The van der Waals surface area contributed by atoms with E-state index >= 15 is 0 Å². The fourth-order valence-electron chi connectivity index (χ4n) is 2.66. The molecule has 1 heterocycles. The zero-order valence-electron chi connectivity index (χ0n) is 17.0. The van der Waals surface area contributed by atoms with Crippen molar-refractivity contribution >= 4 is 23.7 Å². The van der Waals surface area contributed by atoms with Crippen LogP contribution in [0.4, 0.5) is 4.79 Å². The van der Waals surface area contributed by atoms with Gasteiger partial charge in [0.2, 0.25) is 11.1 Å². The molecule has 3 amide bonds. The van der Waals surface area contributed by atoms with Gasteiger partial charge in [0.25, 0.3) is 0 Å². The lowest BCUT2D eigenvalue weighted by Crippen LogP contribution is -2.40. The first-order valence-corrected chi connectivity index (χ1v) is 10.2. The van der Waals surface area contributed by atoms with Crippen LogP contribution in [0.15, 0.2) is 53.7 Å². The third-order valence-corrected chi connectivity index (χ3v) is 5.13. The minimum absolute atomic E-state index is 0.0555.